The van der Waals surface area contributed by atoms with Gasteiger partial charge in [0.2, 0.25) is 0 Å². The van der Waals surface area contributed by atoms with Crippen molar-refractivity contribution in [3.8, 4) is 0 Å². The van der Waals surface area contributed by atoms with Crippen LogP contribution < -0.4 is 0 Å². The summed E-state index contributed by atoms with van der Waals surface area (Å²) in [5, 5.41) is 0.249. The van der Waals surface area contributed by atoms with E-state index in [1.165, 1.54) is 36.6 Å². The molecule has 0 heterocycles. The van der Waals surface area contributed by atoms with Crippen LogP contribution in [0.15, 0.2) is 11.6 Å². The Bertz CT molecular complexity index is 232. The summed E-state index contributed by atoms with van der Waals surface area (Å²) >= 11 is 1.47. The highest BCUT2D eigenvalue weighted by atomic mass is 32.2. The molecule has 1 rings (SSSR count). The lowest BCUT2D eigenvalue weighted by Crippen LogP contribution is -2.16. The van der Waals surface area contributed by atoms with Crippen molar-refractivity contribution in [1.29, 1.82) is 0 Å². The smallest absolute Gasteiger partial charge is 0.185 e. The number of hydrogen-bond donors (Lipinski definition) is 0. The largest absolute Gasteiger partial charge is 0.288 e. The van der Waals surface area contributed by atoms with Crippen LogP contribution in [-0.2, 0) is 4.79 Å². The summed E-state index contributed by atoms with van der Waals surface area (Å²) in [5.41, 5.74) is 1.53. The van der Waals surface area contributed by atoms with Gasteiger partial charge in [-0.1, -0.05) is 30.3 Å². The Balaban J connectivity index is 2.31. The molecule has 0 aromatic rings. The molecule has 0 spiro atoms. The maximum Gasteiger partial charge on any atom is 0.185 e. The number of rotatable bonds is 3. The highest BCUT2D eigenvalue weighted by Crippen LogP contribution is 2.30. The number of allylic oxidation sites excluding steroid dienone is 2. The van der Waals surface area contributed by atoms with Crippen LogP contribution in [0.1, 0.15) is 40.0 Å². The van der Waals surface area contributed by atoms with Gasteiger partial charge in [-0.25, -0.2) is 0 Å². The zero-order chi connectivity index (χ0) is 10.6. The first-order valence-electron chi connectivity index (χ1n) is 5.38. The van der Waals surface area contributed by atoms with Gasteiger partial charge in [0.1, 0.15) is 0 Å². The Kier molecular flexibility index (Phi) is 4.73. The van der Waals surface area contributed by atoms with E-state index in [1.807, 2.05) is 0 Å². The van der Waals surface area contributed by atoms with Gasteiger partial charge < -0.3 is 0 Å². The second-order valence-corrected chi connectivity index (χ2v) is 5.56. The van der Waals surface area contributed by atoms with Crippen LogP contribution in [0, 0.1) is 11.8 Å². The van der Waals surface area contributed by atoms with Crippen LogP contribution in [-0.4, -0.2) is 10.9 Å². The fraction of sp³-hybridized carbons (Fsp3) is 0.750. The molecular weight excluding hydrogens is 192 g/mol. The SMILES string of the molecule is CC(=O)SCC(C)C1CC=C(C)CC1. The zero-order valence-electron chi connectivity index (χ0n) is 9.38. The second-order valence-electron chi connectivity index (χ2n) is 4.36. The third-order valence-corrected chi connectivity index (χ3v) is 4.13. The monoisotopic (exact) mass is 212 g/mol. The average molecular weight is 212 g/mol. The van der Waals surface area contributed by atoms with Crippen LogP contribution in [0.25, 0.3) is 0 Å². The summed E-state index contributed by atoms with van der Waals surface area (Å²) in [6.45, 7) is 6.14. The summed E-state index contributed by atoms with van der Waals surface area (Å²) in [5.74, 6) is 2.46. The van der Waals surface area contributed by atoms with E-state index in [-0.39, 0.29) is 5.12 Å². The summed E-state index contributed by atoms with van der Waals surface area (Å²) < 4.78 is 0. The Labute approximate surface area is 91.3 Å². The van der Waals surface area contributed by atoms with E-state index in [0.717, 1.165) is 11.7 Å². The molecule has 0 aromatic heterocycles. The van der Waals surface area contributed by atoms with Gasteiger partial charge in [0.15, 0.2) is 5.12 Å². The molecule has 0 fully saturated rings. The van der Waals surface area contributed by atoms with Gasteiger partial charge in [0.25, 0.3) is 0 Å². The lowest BCUT2D eigenvalue weighted by molar-refractivity contribution is -0.109. The van der Waals surface area contributed by atoms with E-state index in [0.29, 0.717) is 5.92 Å². The Hall–Kier alpha value is -0.240. The molecule has 14 heavy (non-hydrogen) atoms. The van der Waals surface area contributed by atoms with Gasteiger partial charge in [-0.3, -0.25) is 4.79 Å². The molecule has 1 aliphatic rings. The van der Waals surface area contributed by atoms with E-state index in [1.54, 1.807) is 6.92 Å². The zero-order valence-corrected chi connectivity index (χ0v) is 10.2. The lowest BCUT2D eigenvalue weighted by Gasteiger charge is -2.25. The van der Waals surface area contributed by atoms with Crippen molar-refractivity contribution >= 4 is 16.9 Å². The molecule has 0 saturated heterocycles. The van der Waals surface area contributed by atoms with Crippen LogP contribution in [0.3, 0.4) is 0 Å². The third kappa shape index (κ3) is 3.87. The standard InChI is InChI=1S/C12H20OS/c1-9-4-6-12(7-5-9)10(2)8-14-11(3)13/h4,10,12H,5-8H2,1-3H3. The fourth-order valence-electron chi connectivity index (χ4n) is 1.89. The maximum absolute atomic E-state index is 10.8. The van der Waals surface area contributed by atoms with Crippen molar-refractivity contribution in [1.82, 2.24) is 0 Å². The van der Waals surface area contributed by atoms with Gasteiger partial charge in [0, 0.05) is 12.7 Å². The molecule has 1 nitrogen and oxygen atoms in total. The van der Waals surface area contributed by atoms with Crippen molar-refractivity contribution in [2.75, 3.05) is 5.75 Å². The summed E-state index contributed by atoms with van der Waals surface area (Å²) in [6, 6.07) is 0. The van der Waals surface area contributed by atoms with Gasteiger partial charge in [0.05, 0.1) is 0 Å². The van der Waals surface area contributed by atoms with E-state index in [2.05, 4.69) is 19.9 Å². The molecule has 0 amide bonds. The van der Waals surface area contributed by atoms with Crippen molar-refractivity contribution in [3.05, 3.63) is 11.6 Å². The molecule has 2 unspecified atom stereocenters. The molecule has 2 atom stereocenters. The minimum atomic E-state index is 0.249. The summed E-state index contributed by atoms with van der Waals surface area (Å²) in [6.07, 6.45) is 6.14. The second kappa shape index (κ2) is 5.59. The van der Waals surface area contributed by atoms with E-state index >= 15 is 0 Å². The average Bonchev–Trinajstić information content (AvgIpc) is 2.15. The van der Waals surface area contributed by atoms with Gasteiger partial charge in [-0.05, 0) is 38.0 Å². The lowest BCUT2D eigenvalue weighted by atomic mass is 9.83. The number of thioether (sulfide) groups is 1. The molecule has 0 aliphatic heterocycles. The minimum absolute atomic E-state index is 0.249. The first-order valence-corrected chi connectivity index (χ1v) is 6.37. The first kappa shape index (κ1) is 11.8. The van der Waals surface area contributed by atoms with Gasteiger partial charge in [-0.2, -0.15) is 0 Å². The normalized spacial score (nSPS) is 24.2. The molecule has 80 valence electrons. The van der Waals surface area contributed by atoms with E-state index in [9.17, 15) is 4.79 Å². The van der Waals surface area contributed by atoms with Crippen molar-refractivity contribution in [2.45, 2.75) is 40.0 Å². The van der Waals surface area contributed by atoms with Gasteiger partial charge in [-0.15, -0.1) is 0 Å². The highest BCUT2D eigenvalue weighted by molar-refractivity contribution is 8.13. The van der Waals surface area contributed by atoms with Crippen molar-refractivity contribution in [2.24, 2.45) is 11.8 Å². The predicted octanol–water partition coefficient (Wildman–Crippen LogP) is 3.65. The molecular formula is C12H20OS. The number of carbonyl (C=O) groups excluding carboxylic acids is 1. The topological polar surface area (TPSA) is 17.1 Å². The summed E-state index contributed by atoms with van der Waals surface area (Å²) in [4.78, 5) is 10.8. The molecule has 0 aromatic carbocycles. The molecule has 0 saturated carbocycles. The van der Waals surface area contributed by atoms with Crippen LogP contribution in [0.4, 0.5) is 0 Å². The highest BCUT2D eigenvalue weighted by Gasteiger charge is 2.19. The number of hydrogen-bond acceptors (Lipinski definition) is 2. The molecule has 1 aliphatic carbocycles. The molecule has 0 bridgehead atoms. The van der Waals surface area contributed by atoms with Crippen LogP contribution in [0.5, 0.6) is 0 Å². The van der Waals surface area contributed by atoms with Gasteiger partial charge >= 0.3 is 0 Å². The minimum Gasteiger partial charge on any atom is -0.288 e. The first-order chi connectivity index (χ1) is 6.59. The number of carbonyl (C=O) groups is 1. The quantitative estimate of drug-likeness (QED) is 0.664. The summed E-state index contributed by atoms with van der Waals surface area (Å²) in [7, 11) is 0. The van der Waals surface area contributed by atoms with Crippen molar-refractivity contribution < 1.29 is 4.79 Å². The Morgan fingerprint density at radius 1 is 1.71 bits per heavy atom. The molecule has 0 radical (unpaired) electrons. The molecule has 2 heteroatoms. The van der Waals surface area contributed by atoms with Crippen LogP contribution >= 0.6 is 11.8 Å². The fourth-order valence-corrected chi connectivity index (χ4v) is 2.66. The van der Waals surface area contributed by atoms with E-state index < -0.39 is 0 Å². The Morgan fingerprint density at radius 2 is 2.43 bits per heavy atom. The third-order valence-electron chi connectivity index (χ3n) is 3.03. The van der Waals surface area contributed by atoms with Crippen LogP contribution in [0.2, 0.25) is 0 Å². The maximum atomic E-state index is 10.8. The molecule has 0 N–H and O–H groups in total. The Morgan fingerprint density at radius 3 is 2.93 bits per heavy atom. The predicted molar refractivity (Wildman–Crippen MR) is 63.4 cm³/mol. The van der Waals surface area contributed by atoms with Crippen molar-refractivity contribution in [3.63, 3.8) is 0 Å². The van der Waals surface area contributed by atoms with E-state index in [4.69, 9.17) is 0 Å².